The molecule has 1 aromatic carbocycles. The van der Waals surface area contributed by atoms with E-state index in [1.54, 1.807) is 13.1 Å². The third-order valence-electron chi connectivity index (χ3n) is 6.04. The molecule has 2 heterocycles. The van der Waals surface area contributed by atoms with Crippen LogP contribution in [0, 0.1) is 34.0 Å². The molecule has 0 bridgehead atoms. The lowest BCUT2D eigenvalue weighted by atomic mass is 9.92. The van der Waals surface area contributed by atoms with Crippen LogP contribution in [0.2, 0.25) is 0 Å². The zero-order valence-electron chi connectivity index (χ0n) is 17.5. The molecule has 0 spiro atoms. The predicted octanol–water partition coefficient (Wildman–Crippen LogP) is 4.07. The Kier molecular flexibility index (Phi) is 5.85. The first kappa shape index (κ1) is 20.8. The van der Waals surface area contributed by atoms with E-state index in [1.165, 1.54) is 17.2 Å². The van der Waals surface area contributed by atoms with Gasteiger partial charge < -0.3 is 15.1 Å². The van der Waals surface area contributed by atoms with Crippen LogP contribution in [0.25, 0.3) is 11.1 Å². The van der Waals surface area contributed by atoms with E-state index in [9.17, 15) is 9.65 Å². The Balaban J connectivity index is 1.69. The summed E-state index contributed by atoms with van der Waals surface area (Å²) in [4.78, 5) is 7.54. The van der Waals surface area contributed by atoms with Gasteiger partial charge in [0.1, 0.15) is 11.9 Å². The largest absolute Gasteiger partial charge is 0.381 e. The van der Waals surface area contributed by atoms with Crippen LogP contribution < -0.4 is 10.2 Å². The minimum atomic E-state index is -0.535. The highest BCUT2D eigenvalue weighted by atomic mass is 19.1. The molecule has 1 aliphatic carbocycles. The Labute approximate surface area is 181 Å². The van der Waals surface area contributed by atoms with E-state index in [0.717, 1.165) is 54.5 Å². The van der Waals surface area contributed by atoms with Crippen molar-refractivity contribution in [2.75, 3.05) is 30.4 Å². The van der Waals surface area contributed by atoms with Crippen LogP contribution >= 0.6 is 0 Å². The standard InChI is InChI=1S/C23H26FN7/c1-30(14-26)23(27)15-8-10-31(11-9-15)22-18(16-2-7-21(24)28-13-16)5-6-20(19(22)12-25)29-17-3-4-17/h2,5-7,13-15,17,26-27,29H,3-4,8-11H2,1H3. The van der Waals surface area contributed by atoms with Crippen LogP contribution in [0.15, 0.2) is 30.5 Å². The van der Waals surface area contributed by atoms with Gasteiger partial charge in [0.25, 0.3) is 0 Å². The average Bonchev–Trinajstić information content (AvgIpc) is 3.62. The zero-order valence-corrected chi connectivity index (χ0v) is 17.5. The number of aromatic nitrogens is 1. The topological polar surface area (TPSA) is 103 Å². The number of amidine groups is 1. The van der Waals surface area contributed by atoms with Crippen LogP contribution in [-0.2, 0) is 0 Å². The monoisotopic (exact) mass is 419 g/mol. The highest BCUT2D eigenvalue weighted by Crippen LogP contribution is 2.40. The Hall–Kier alpha value is -3.47. The number of benzene rings is 1. The fraction of sp³-hybridized carbons (Fsp3) is 0.391. The highest BCUT2D eigenvalue weighted by molar-refractivity contribution is 5.91. The van der Waals surface area contributed by atoms with E-state index in [4.69, 9.17) is 10.8 Å². The quantitative estimate of drug-likeness (QED) is 0.372. The molecule has 1 saturated heterocycles. The lowest BCUT2D eigenvalue weighted by Crippen LogP contribution is -2.41. The second-order valence-electron chi connectivity index (χ2n) is 8.17. The Morgan fingerprint density at radius 2 is 2.00 bits per heavy atom. The molecule has 1 aliphatic heterocycles. The maximum Gasteiger partial charge on any atom is 0.212 e. The van der Waals surface area contributed by atoms with Crippen molar-refractivity contribution in [3.8, 4) is 17.2 Å². The van der Waals surface area contributed by atoms with Gasteiger partial charge in [0.15, 0.2) is 0 Å². The summed E-state index contributed by atoms with van der Waals surface area (Å²) in [6.45, 7) is 1.39. The van der Waals surface area contributed by atoms with Crippen LogP contribution in [0.4, 0.5) is 15.8 Å². The van der Waals surface area contributed by atoms with Crippen LogP contribution in [0.1, 0.15) is 31.2 Å². The van der Waals surface area contributed by atoms with E-state index in [0.29, 0.717) is 30.5 Å². The molecule has 4 rings (SSSR count). The van der Waals surface area contributed by atoms with Gasteiger partial charge in [0.2, 0.25) is 5.95 Å². The lowest BCUT2D eigenvalue weighted by Gasteiger charge is -2.37. The molecule has 31 heavy (non-hydrogen) atoms. The van der Waals surface area contributed by atoms with Crippen LogP contribution in [0.3, 0.4) is 0 Å². The molecular weight excluding hydrogens is 393 g/mol. The summed E-state index contributed by atoms with van der Waals surface area (Å²) in [5.74, 6) is -0.00756. The average molecular weight is 420 g/mol. The fourth-order valence-corrected chi connectivity index (χ4v) is 4.10. The van der Waals surface area contributed by atoms with Crippen molar-refractivity contribution in [1.82, 2.24) is 9.88 Å². The van der Waals surface area contributed by atoms with E-state index >= 15 is 0 Å². The molecule has 3 N–H and O–H groups in total. The molecule has 1 saturated carbocycles. The van der Waals surface area contributed by atoms with E-state index in [1.807, 2.05) is 12.1 Å². The molecule has 0 radical (unpaired) electrons. The number of hydrogen-bond donors (Lipinski definition) is 3. The predicted molar refractivity (Wildman–Crippen MR) is 120 cm³/mol. The Morgan fingerprint density at radius 3 is 2.58 bits per heavy atom. The molecule has 160 valence electrons. The van der Waals surface area contributed by atoms with Gasteiger partial charge in [0, 0.05) is 49.4 Å². The summed E-state index contributed by atoms with van der Waals surface area (Å²) in [6.07, 6.45) is 6.42. The summed E-state index contributed by atoms with van der Waals surface area (Å²) in [6, 6.07) is 9.75. The molecular formula is C23H26FN7. The van der Waals surface area contributed by atoms with Gasteiger partial charge in [-0.2, -0.15) is 9.65 Å². The normalized spacial score (nSPS) is 16.5. The number of halogens is 1. The van der Waals surface area contributed by atoms with Crippen LogP contribution in [-0.4, -0.2) is 48.2 Å². The van der Waals surface area contributed by atoms with Crippen molar-refractivity contribution in [3.63, 3.8) is 0 Å². The number of nitriles is 1. The minimum absolute atomic E-state index is 0.0806. The molecule has 0 amide bonds. The van der Waals surface area contributed by atoms with Gasteiger partial charge in [-0.1, -0.05) is 6.07 Å². The minimum Gasteiger partial charge on any atom is -0.381 e. The summed E-state index contributed by atoms with van der Waals surface area (Å²) >= 11 is 0. The molecule has 0 atom stereocenters. The number of nitrogens with one attached hydrogen (secondary N) is 3. The van der Waals surface area contributed by atoms with E-state index in [-0.39, 0.29) is 5.92 Å². The van der Waals surface area contributed by atoms with Gasteiger partial charge in [0.05, 0.1) is 23.3 Å². The van der Waals surface area contributed by atoms with Gasteiger partial charge >= 0.3 is 0 Å². The maximum absolute atomic E-state index is 13.4. The van der Waals surface area contributed by atoms with Crippen molar-refractivity contribution in [1.29, 1.82) is 16.1 Å². The molecule has 8 heteroatoms. The smallest absolute Gasteiger partial charge is 0.212 e. The lowest BCUT2D eigenvalue weighted by molar-refractivity contribution is 0.473. The third kappa shape index (κ3) is 4.36. The maximum atomic E-state index is 13.4. The second kappa shape index (κ2) is 8.72. The highest BCUT2D eigenvalue weighted by Gasteiger charge is 2.29. The summed E-state index contributed by atoms with van der Waals surface area (Å²) in [7, 11) is 1.72. The van der Waals surface area contributed by atoms with Gasteiger partial charge in [-0.25, -0.2) is 4.98 Å². The number of hydrogen-bond acceptors (Lipinski definition) is 6. The number of nitrogens with zero attached hydrogens (tertiary/aromatic N) is 4. The summed E-state index contributed by atoms with van der Waals surface area (Å²) in [5.41, 5.74) is 3.89. The van der Waals surface area contributed by atoms with Gasteiger partial charge in [-0.3, -0.25) is 10.8 Å². The fourth-order valence-electron chi connectivity index (χ4n) is 4.10. The van der Waals surface area contributed by atoms with E-state index in [2.05, 4.69) is 21.3 Å². The number of piperidine rings is 1. The molecule has 2 aliphatic rings. The van der Waals surface area contributed by atoms with E-state index < -0.39 is 5.95 Å². The first-order chi connectivity index (χ1) is 15.0. The van der Waals surface area contributed by atoms with Crippen molar-refractivity contribution in [2.24, 2.45) is 5.92 Å². The number of anilines is 2. The SMILES string of the molecule is CN(C=N)C(=N)C1CCN(c2c(-c3ccc(F)nc3)ccc(NC3CC3)c2C#N)CC1. The molecule has 1 aromatic heterocycles. The van der Waals surface area contributed by atoms with Crippen molar-refractivity contribution in [3.05, 3.63) is 42.0 Å². The third-order valence-corrected chi connectivity index (χ3v) is 6.04. The second-order valence-corrected chi connectivity index (χ2v) is 8.17. The Morgan fingerprint density at radius 1 is 1.26 bits per heavy atom. The number of pyridine rings is 1. The molecule has 0 unspecified atom stereocenters. The first-order valence-electron chi connectivity index (χ1n) is 10.5. The molecule has 7 nitrogen and oxygen atoms in total. The number of rotatable bonds is 6. The van der Waals surface area contributed by atoms with Crippen molar-refractivity contribution < 1.29 is 4.39 Å². The first-order valence-corrected chi connectivity index (χ1v) is 10.5. The molecule has 2 fully saturated rings. The van der Waals surface area contributed by atoms with Crippen molar-refractivity contribution in [2.45, 2.75) is 31.7 Å². The summed E-state index contributed by atoms with van der Waals surface area (Å²) < 4.78 is 13.4. The van der Waals surface area contributed by atoms with Gasteiger partial charge in [-0.15, -0.1) is 0 Å². The zero-order chi connectivity index (χ0) is 22.0. The van der Waals surface area contributed by atoms with Crippen LogP contribution in [0.5, 0.6) is 0 Å². The Bertz CT molecular complexity index is 1020. The van der Waals surface area contributed by atoms with Gasteiger partial charge in [-0.05, 0) is 43.9 Å². The summed E-state index contributed by atoms with van der Waals surface area (Å²) in [5, 5.41) is 29.2. The van der Waals surface area contributed by atoms with Crippen molar-refractivity contribution >= 4 is 23.5 Å². The molecule has 2 aromatic rings.